The molecule has 140 valence electrons. The summed E-state index contributed by atoms with van der Waals surface area (Å²) < 4.78 is 2.11. The fraction of sp³-hybridized carbons (Fsp3) is 0.619. The van der Waals surface area contributed by atoms with Crippen molar-refractivity contribution in [3.8, 4) is 0 Å². The van der Waals surface area contributed by atoms with Gasteiger partial charge in [0.25, 0.3) is 0 Å². The lowest BCUT2D eigenvalue weighted by Crippen LogP contribution is -2.28. The van der Waals surface area contributed by atoms with Crippen molar-refractivity contribution in [2.75, 3.05) is 40.3 Å². The molecule has 0 saturated carbocycles. The molecule has 2 aliphatic rings. The second kappa shape index (κ2) is 7.89. The lowest BCUT2D eigenvalue weighted by molar-refractivity contribution is 0.263. The third-order valence-corrected chi connectivity index (χ3v) is 5.85. The average molecular weight is 354 g/mol. The predicted molar refractivity (Wildman–Crippen MR) is 106 cm³/mol. The van der Waals surface area contributed by atoms with Crippen LogP contribution in [0.4, 0.5) is 0 Å². The number of pyridine rings is 1. The molecule has 0 bridgehead atoms. The fourth-order valence-corrected chi connectivity index (χ4v) is 4.39. The molecule has 2 atom stereocenters. The number of hydrogen-bond donors (Lipinski definition) is 0. The quantitative estimate of drug-likeness (QED) is 0.748. The topological polar surface area (TPSA) is 37.2 Å². The summed E-state index contributed by atoms with van der Waals surface area (Å²) in [6.45, 7) is 5.48. The van der Waals surface area contributed by atoms with E-state index in [1.807, 2.05) is 12.3 Å². The highest BCUT2D eigenvalue weighted by Crippen LogP contribution is 2.32. The maximum Gasteiger partial charge on any atom is 0.158 e. The highest BCUT2D eigenvalue weighted by molar-refractivity contribution is 5.78. The molecule has 5 nitrogen and oxygen atoms in total. The van der Waals surface area contributed by atoms with Crippen LogP contribution in [0.3, 0.4) is 0 Å². The maximum atomic E-state index is 5.01. The Labute approximate surface area is 156 Å². The summed E-state index contributed by atoms with van der Waals surface area (Å²) in [6.07, 6.45) is 11.7. The Morgan fingerprint density at radius 1 is 1.23 bits per heavy atom. The van der Waals surface area contributed by atoms with Crippen molar-refractivity contribution in [2.45, 2.75) is 38.1 Å². The SMILES string of the molecule is CN(C)CCn1nc([C@H]2CCN(C[C@@H]3CC=CCC3)C2)c2cccnc21. The zero-order valence-corrected chi connectivity index (χ0v) is 16.1. The van der Waals surface area contributed by atoms with Crippen molar-refractivity contribution in [2.24, 2.45) is 5.92 Å². The van der Waals surface area contributed by atoms with Gasteiger partial charge < -0.3 is 9.80 Å². The van der Waals surface area contributed by atoms with Gasteiger partial charge in [-0.15, -0.1) is 0 Å². The van der Waals surface area contributed by atoms with Gasteiger partial charge in [-0.2, -0.15) is 5.10 Å². The van der Waals surface area contributed by atoms with Crippen LogP contribution in [-0.2, 0) is 6.54 Å². The van der Waals surface area contributed by atoms with Crippen LogP contribution in [0.5, 0.6) is 0 Å². The van der Waals surface area contributed by atoms with E-state index in [1.54, 1.807) is 0 Å². The number of likely N-dealkylation sites (N-methyl/N-ethyl adjacent to an activating group) is 1. The van der Waals surface area contributed by atoms with Crippen molar-refractivity contribution in [1.82, 2.24) is 24.6 Å². The van der Waals surface area contributed by atoms with Crippen LogP contribution in [-0.4, -0.2) is 64.8 Å². The van der Waals surface area contributed by atoms with Crippen LogP contribution in [0.25, 0.3) is 11.0 Å². The van der Waals surface area contributed by atoms with E-state index in [2.05, 4.69) is 51.8 Å². The van der Waals surface area contributed by atoms with Crippen molar-refractivity contribution >= 4 is 11.0 Å². The Bertz CT molecular complexity index is 763. The molecule has 1 fully saturated rings. The second-order valence-electron chi connectivity index (χ2n) is 8.18. The van der Waals surface area contributed by atoms with Gasteiger partial charge in [0.1, 0.15) is 0 Å². The van der Waals surface area contributed by atoms with Crippen LogP contribution < -0.4 is 0 Å². The van der Waals surface area contributed by atoms with Crippen LogP contribution in [0, 0.1) is 5.92 Å². The van der Waals surface area contributed by atoms with Crippen molar-refractivity contribution in [3.63, 3.8) is 0 Å². The fourth-order valence-electron chi connectivity index (χ4n) is 4.39. The zero-order chi connectivity index (χ0) is 17.9. The molecule has 0 amide bonds. The van der Waals surface area contributed by atoms with Gasteiger partial charge in [-0.3, -0.25) is 0 Å². The Morgan fingerprint density at radius 2 is 2.15 bits per heavy atom. The molecule has 0 unspecified atom stereocenters. The Balaban J connectivity index is 1.49. The lowest BCUT2D eigenvalue weighted by Gasteiger charge is -2.24. The van der Waals surface area contributed by atoms with Crippen LogP contribution in [0.2, 0.25) is 0 Å². The summed E-state index contributed by atoms with van der Waals surface area (Å²) in [7, 11) is 4.21. The molecular formula is C21H31N5. The molecule has 2 aromatic rings. The zero-order valence-electron chi connectivity index (χ0n) is 16.1. The van der Waals surface area contributed by atoms with Crippen LogP contribution in [0.15, 0.2) is 30.5 Å². The number of aromatic nitrogens is 3. The van der Waals surface area contributed by atoms with E-state index < -0.39 is 0 Å². The number of fused-ring (bicyclic) bond motifs is 1. The predicted octanol–water partition coefficient (Wildman–Crippen LogP) is 3.14. The first-order valence-corrected chi connectivity index (χ1v) is 10.0. The van der Waals surface area contributed by atoms with Gasteiger partial charge in [0.2, 0.25) is 0 Å². The highest BCUT2D eigenvalue weighted by Gasteiger charge is 2.29. The van der Waals surface area contributed by atoms with E-state index in [4.69, 9.17) is 5.10 Å². The van der Waals surface area contributed by atoms with Crippen LogP contribution >= 0.6 is 0 Å². The minimum Gasteiger partial charge on any atom is -0.308 e. The molecule has 0 spiro atoms. The number of hydrogen-bond acceptors (Lipinski definition) is 4. The average Bonchev–Trinajstić information content (AvgIpc) is 3.25. The molecule has 3 heterocycles. The summed E-state index contributed by atoms with van der Waals surface area (Å²) in [4.78, 5) is 9.49. The molecule has 0 aromatic carbocycles. The van der Waals surface area contributed by atoms with E-state index in [-0.39, 0.29) is 0 Å². The largest absolute Gasteiger partial charge is 0.308 e. The molecule has 1 aliphatic heterocycles. The first kappa shape index (κ1) is 17.7. The minimum atomic E-state index is 0.543. The molecular weight excluding hydrogens is 322 g/mol. The lowest BCUT2D eigenvalue weighted by atomic mass is 9.94. The Hall–Kier alpha value is -1.72. The summed E-state index contributed by atoms with van der Waals surface area (Å²) in [5.74, 6) is 1.39. The molecule has 1 saturated heterocycles. The molecule has 1 aliphatic carbocycles. The van der Waals surface area contributed by atoms with Crippen molar-refractivity contribution in [1.29, 1.82) is 0 Å². The van der Waals surface area contributed by atoms with Gasteiger partial charge in [0.15, 0.2) is 5.65 Å². The van der Waals surface area contributed by atoms with Crippen molar-refractivity contribution in [3.05, 3.63) is 36.2 Å². The maximum absolute atomic E-state index is 5.01. The smallest absolute Gasteiger partial charge is 0.158 e. The molecule has 5 heteroatoms. The van der Waals surface area contributed by atoms with Crippen molar-refractivity contribution < 1.29 is 0 Å². The molecule has 4 rings (SSSR count). The number of rotatable bonds is 6. The van der Waals surface area contributed by atoms with E-state index in [9.17, 15) is 0 Å². The monoisotopic (exact) mass is 353 g/mol. The van der Waals surface area contributed by atoms with E-state index >= 15 is 0 Å². The number of nitrogens with zero attached hydrogens (tertiary/aromatic N) is 5. The molecule has 2 aromatic heterocycles. The molecule has 0 radical (unpaired) electrons. The Kier molecular flexibility index (Phi) is 5.36. The minimum absolute atomic E-state index is 0.543. The Morgan fingerprint density at radius 3 is 2.96 bits per heavy atom. The van der Waals surface area contributed by atoms with Gasteiger partial charge in [0.05, 0.1) is 12.2 Å². The normalized spacial score (nSPS) is 24.1. The molecule has 0 N–H and O–H groups in total. The van der Waals surface area contributed by atoms with Gasteiger partial charge in [-0.05, 0) is 64.4 Å². The van der Waals surface area contributed by atoms with Gasteiger partial charge in [-0.25, -0.2) is 9.67 Å². The summed E-state index contributed by atoms with van der Waals surface area (Å²) in [6, 6.07) is 4.25. The standard InChI is InChI=1S/C21H31N5/c1-24(2)13-14-26-21-19(9-6-11-22-21)20(23-26)18-10-12-25(16-18)15-17-7-4-3-5-8-17/h3-4,6,9,11,17-18H,5,7-8,10,12-16H2,1-2H3/t17-,18+/m1/s1. The van der Waals surface area contributed by atoms with Gasteiger partial charge in [-0.1, -0.05) is 12.2 Å². The van der Waals surface area contributed by atoms with E-state index in [0.29, 0.717) is 5.92 Å². The molecule has 26 heavy (non-hydrogen) atoms. The van der Waals surface area contributed by atoms with E-state index in [1.165, 1.54) is 49.9 Å². The summed E-state index contributed by atoms with van der Waals surface area (Å²) in [5, 5.41) is 6.26. The first-order valence-electron chi connectivity index (χ1n) is 10.0. The van der Waals surface area contributed by atoms with Crippen LogP contribution in [0.1, 0.15) is 37.3 Å². The summed E-state index contributed by atoms with van der Waals surface area (Å²) in [5.41, 5.74) is 2.30. The third-order valence-electron chi connectivity index (χ3n) is 5.85. The number of allylic oxidation sites excluding steroid dienone is 2. The first-order chi connectivity index (χ1) is 12.7. The van der Waals surface area contributed by atoms with E-state index in [0.717, 1.165) is 31.2 Å². The highest BCUT2D eigenvalue weighted by atomic mass is 15.3. The van der Waals surface area contributed by atoms with Gasteiger partial charge in [0, 0.05) is 37.1 Å². The third kappa shape index (κ3) is 3.84. The van der Waals surface area contributed by atoms with Gasteiger partial charge >= 0.3 is 0 Å². The number of likely N-dealkylation sites (tertiary alicyclic amines) is 1. The summed E-state index contributed by atoms with van der Waals surface area (Å²) >= 11 is 0. The second-order valence-corrected chi connectivity index (χ2v) is 8.18.